The second-order valence-electron chi connectivity index (χ2n) is 4.92. The maximum Gasteiger partial charge on any atom is 0.416 e. The number of aliphatic hydroxyl groups excluding tert-OH is 1. The first-order valence-corrected chi connectivity index (χ1v) is 6.37. The summed E-state index contributed by atoms with van der Waals surface area (Å²) in [5.74, 6) is -0.413. The summed E-state index contributed by atoms with van der Waals surface area (Å²) in [6.45, 7) is 1.51. The maximum atomic E-state index is 13.1. The van der Waals surface area contributed by atoms with Gasteiger partial charge in [0.1, 0.15) is 5.82 Å². The van der Waals surface area contributed by atoms with Crippen LogP contribution >= 0.6 is 0 Å². The van der Waals surface area contributed by atoms with Gasteiger partial charge < -0.3 is 5.11 Å². The number of aryl methyl sites for hydroxylation is 1. The zero-order valence-electron chi connectivity index (χ0n) is 11.3. The molecule has 0 bridgehead atoms. The van der Waals surface area contributed by atoms with E-state index in [1.54, 1.807) is 6.07 Å². The van der Waals surface area contributed by atoms with Gasteiger partial charge >= 0.3 is 6.18 Å². The zero-order valence-corrected chi connectivity index (χ0v) is 11.3. The molecule has 0 spiro atoms. The van der Waals surface area contributed by atoms with Gasteiger partial charge in [0.15, 0.2) is 0 Å². The highest BCUT2D eigenvalue weighted by Crippen LogP contribution is 2.32. The summed E-state index contributed by atoms with van der Waals surface area (Å²) < 4.78 is 50.8. The van der Waals surface area contributed by atoms with Crippen molar-refractivity contribution in [1.82, 2.24) is 0 Å². The third-order valence-corrected chi connectivity index (χ3v) is 3.27. The minimum absolute atomic E-state index is 0.143. The molecule has 0 heterocycles. The Bertz CT molecular complexity index is 634. The number of rotatable bonds is 3. The summed E-state index contributed by atoms with van der Waals surface area (Å²) in [4.78, 5) is 0. The zero-order chi connectivity index (χ0) is 15.6. The average molecular weight is 298 g/mol. The second-order valence-corrected chi connectivity index (χ2v) is 4.92. The van der Waals surface area contributed by atoms with Crippen molar-refractivity contribution in [2.45, 2.75) is 25.6 Å². The van der Waals surface area contributed by atoms with Crippen LogP contribution in [0.4, 0.5) is 17.6 Å². The van der Waals surface area contributed by atoms with Crippen molar-refractivity contribution in [3.8, 4) is 0 Å². The third kappa shape index (κ3) is 3.82. The predicted molar refractivity (Wildman–Crippen MR) is 71.2 cm³/mol. The summed E-state index contributed by atoms with van der Waals surface area (Å²) in [6, 6.07) is 8.98. The monoisotopic (exact) mass is 298 g/mol. The normalized spacial score (nSPS) is 13.2. The van der Waals surface area contributed by atoms with Gasteiger partial charge in [-0.25, -0.2) is 4.39 Å². The maximum absolute atomic E-state index is 13.1. The van der Waals surface area contributed by atoms with Crippen LogP contribution < -0.4 is 0 Å². The smallest absolute Gasteiger partial charge is 0.388 e. The Morgan fingerprint density at radius 2 is 1.81 bits per heavy atom. The molecule has 21 heavy (non-hydrogen) atoms. The van der Waals surface area contributed by atoms with Crippen molar-refractivity contribution in [3.63, 3.8) is 0 Å². The standard InChI is InChI=1S/C16H14F4O/c1-10-7-12(16(18,19)20)5-6-14(10)15(21)9-11-3-2-4-13(17)8-11/h2-8,15,21H,9H2,1H3. The second kappa shape index (κ2) is 5.85. The first kappa shape index (κ1) is 15.5. The van der Waals surface area contributed by atoms with Crippen LogP contribution in [0.15, 0.2) is 42.5 Å². The van der Waals surface area contributed by atoms with E-state index >= 15 is 0 Å². The van der Waals surface area contributed by atoms with Crippen LogP contribution in [0.2, 0.25) is 0 Å². The summed E-state index contributed by atoms with van der Waals surface area (Å²) >= 11 is 0. The summed E-state index contributed by atoms with van der Waals surface area (Å²) in [5.41, 5.74) is 0.601. The summed E-state index contributed by atoms with van der Waals surface area (Å²) in [6.07, 6.45) is -5.24. The van der Waals surface area contributed by atoms with Gasteiger partial charge in [-0.15, -0.1) is 0 Å². The van der Waals surface area contributed by atoms with Crippen LogP contribution in [0.5, 0.6) is 0 Å². The van der Waals surface area contributed by atoms with Crippen molar-refractivity contribution in [2.75, 3.05) is 0 Å². The number of benzene rings is 2. The minimum Gasteiger partial charge on any atom is -0.388 e. The van der Waals surface area contributed by atoms with Crippen LogP contribution in [0.1, 0.15) is 28.4 Å². The van der Waals surface area contributed by atoms with Gasteiger partial charge in [0, 0.05) is 6.42 Å². The van der Waals surface area contributed by atoms with E-state index in [4.69, 9.17) is 0 Å². The lowest BCUT2D eigenvalue weighted by Gasteiger charge is -2.16. The van der Waals surface area contributed by atoms with Crippen LogP contribution in [0, 0.1) is 12.7 Å². The van der Waals surface area contributed by atoms with Gasteiger partial charge in [-0.1, -0.05) is 18.2 Å². The molecule has 0 aliphatic heterocycles. The molecule has 5 heteroatoms. The minimum atomic E-state index is -4.41. The highest BCUT2D eigenvalue weighted by molar-refractivity contribution is 5.35. The Kier molecular flexibility index (Phi) is 4.32. The fourth-order valence-corrected chi connectivity index (χ4v) is 2.22. The summed E-state index contributed by atoms with van der Waals surface area (Å²) in [7, 11) is 0. The molecule has 0 aromatic heterocycles. The molecule has 1 N–H and O–H groups in total. The van der Waals surface area contributed by atoms with Crippen molar-refractivity contribution >= 4 is 0 Å². The molecule has 2 aromatic carbocycles. The van der Waals surface area contributed by atoms with Gasteiger partial charge in [0.2, 0.25) is 0 Å². The highest BCUT2D eigenvalue weighted by Gasteiger charge is 2.31. The van der Waals surface area contributed by atoms with Crippen molar-refractivity contribution in [3.05, 3.63) is 70.5 Å². The van der Waals surface area contributed by atoms with Gasteiger partial charge in [0.05, 0.1) is 11.7 Å². The first-order chi connectivity index (χ1) is 9.77. The van der Waals surface area contributed by atoms with Gasteiger partial charge in [0.25, 0.3) is 0 Å². The van der Waals surface area contributed by atoms with Crippen LogP contribution in [-0.4, -0.2) is 5.11 Å². The molecule has 0 aliphatic carbocycles. The lowest BCUT2D eigenvalue weighted by Crippen LogP contribution is -2.08. The Hall–Kier alpha value is -1.88. The molecular formula is C16H14F4O. The van der Waals surface area contributed by atoms with Crippen LogP contribution in [0.3, 0.4) is 0 Å². The van der Waals surface area contributed by atoms with Crippen LogP contribution in [0.25, 0.3) is 0 Å². The van der Waals surface area contributed by atoms with E-state index in [1.165, 1.54) is 31.2 Å². The van der Waals surface area contributed by atoms with Crippen LogP contribution in [-0.2, 0) is 12.6 Å². The molecule has 2 aromatic rings. The molecule has 112 valence electrons. The average Bonchev–Trinajstić information content (AvgIpc) is 2.37. The van der Waals surface area contributed by atoms with E-state index < -0.39 is 23.7 Å². The Balaban J connectivity index is 2.22. The predicted octanol–water partition coefficient (Wildman–Crippen LogP) is 4.43. The van der Waals surface area contributed by atoms with Gasteiger partial charge in [-0.05, 0) is 47.9 Å². The molecule has 1 nitrogen and oxygen atoms in total. The number of halogens is 4. The fraction of sp³-hybridized carbons (Fsp3) is 0.250. The fourth-order valence-electron chi connectivity index (χ4n) is 2.22. The Morgan fingerprint density at radius 1 is 1.10 bits per heavy atom. The topological polar surface area (TPSA) is 20.2 Å². The van der Waals surface area contributed by atoms with Gasteiger partial charge in [-0.3, -0.25) is 0 Å². The quantitative estimate of drug-likeness (QED) is 0.831. The van der Waals surface area contributed by atoms with Crippen molar-refractivity contribution in [1.29, 1.82) is 0 Å². The third-order valence-electron chi connectivity index (χ3n) is 3.27. The first-order valence-electron chi connectivity index (χ1n) is 6.37. The molecule has 0 saturated carbocycles. The molecule has 0 fully saturated rings. The Labute approximate surface area is 119 Å². The molecule has 2 rings (SSSR count). The Morgan fingerprint density at radius 3 is 2.38 bits per heavy atom. The van der Waals surface area contributed by atoms with E-state index in [-0.39, 0.29) is 6.42 Å². The largest absolute Gasteiger partial charge is 0.416 e. The van der Waals surface area contributed by atoms with Crippen molar-refractivity contribution < 1.29 is 22.7 Å². The molecular weight excluding hydrogens is 284 g/mol. The summed E-state index contributed by atoms with van der Waals surface area (Å²) in [5, 5.41) is 10.1. The van der Waals surface area contributed by atoms with E-state index in [0.717, 1.165) is 12.1 Å². The lowest BCUT2D eigenvalue weighted by molar-refractivity contribution is -0.137. The van der Waals surface area contributed by atoms with E-state index in [9.17, 15) is 22.7 Å². The van der Waals surface area contributed by atoms with Gasteiger partial charge in [-0.2, -0.15) is 13.2 Å². The lowest BCUT2D eigenvalue weighted by atomic mass is 9.96. The molecule has 0 amide bonds. The number of hydrogen-bond donors (Lipinski definition) is 1. The molecule has 0 saturated heterocycles. The molecule has 1 atom stereocenters. The van der Waals surface area contributed by atoms with E-state index in [0.29, 0.717) is 16.7 Å². The highest BCUT2D eigenvalue weighted by atomic mass is 19.4. The molecule has 0 aliphatic rings. The van der Waals surface area contributed by atoms with E-state index in [2.05, 4.69) is 0 Å². The molecule has 0 radical (unpaired) electrons. The number of aliphatic hydroxyl groups is 1. The molecule has 1 unspecified atom stereocenters. The van der Waals surface area contributed by atoms with E-state index in [1.807, 2.05) is 0 Å². The number of alkyl halides is 3. The number of hydrogen-bond acceptors (Lipinski definition) is 1. The van der Waals surface area contributed by atoms with Crippen molar-refractivity contribution in [2.24, 2.45) is 0 Å². The SMILES string of the molecule is Cc1cc(C(F)(F)F)ccc1C(O)Cc1cccc(F)c1.